The molecule has 6 heteroatoms. The van der Waals surface area contributed by atoms with Gasteiger partial charge >= 0.3 is 0 Å². The Morgan fingerprint density at radius 1 is 1.20 bits per heavy atom. The second-order valence-electron chi connectivity index (χ2n) is 5.93. The number of rotatable bonds is 3. The third kappa shape index (κ3) is 3.30. The fraction of sp³-hybridized carbons (Fsp3) is 0.158. The van der Waals surface area contributed by atoms with Crippen LogP contribution in [0.15, 0.2) is 65.4 Å². The highest BCUT2D eigenvalue weighted by Crippen LogP contribution is 2.28. The number of carbonyl (C=O) groups excluding carboxylic acids is 1. The lowest BCUT2D eigenvalue weighted by Gasteiger charge is -2.24. The van der Waals surface area contributed by atoms with Crippen LogP contribution in [0, 0.1) is 5.92 Å². The van der Waals surface area contributed by atoms with Gasteiger partial charge in [-0.3, -0.25) is 4.79 Å². The average molecular weight is 398 g/mol. The maximum Gasteiger partial charge on any atom is 0.231 e. The van der Waals surface area contributed by atoms with Gasteiger partial charge in [0.05, 0.1) is 28.0 Å². The number of nitrogens with one attached hydrogen (secondary N) is 1. The molecule has 3 aromatic rings. The first kappa shape index (κ1) is 15.9. The second kappa shape index (κ2) is 6.72. The van der Waals surface area contributed by atoms with Gasteiger partial charge in [-0.15, -0.1) is 0 Å². The van der Waals surface area contributed by atoms with Crippen molar-refractivity contribution in [1.29, 1.82) is 0 Å². The summed E-state index contributed by atoms with van der Waals surface area (Å²) in [6, 6.07) is 15.5. The van der Waals surface area contributed by atoms with Gasteiger partial charge in [-0.25, -0.2) is 4.68 Å². The number of anilines is 1. The number of halogens is 1. The third-order valence-corrected chi connectivity index (χ3v) is 4.62. The number of hydrogen-bond acceptors (Lipinski definition) is 3. The SMILES string of the molecule is O=C(Nc1ccccc1-n1cc(Br)cn1)C1COc2ccccc2C1. The number of carbonyl (C=O) groups is 1. The van der Waals surface area contributed by atoms with Crippen molar-refractivity contribution in [1.82, 2.24) is 9.78 Å². The maximum absolute atomic E-state index is 12.7. The van der Waals surface area contributed by atoms with Gasteiger partial charge in [0.25, 0.3) is 0 Å². The molecular formula is C19H16BrN3O2. The molecule has 0 saturated heterocycles. The topological polar surface area (TPSA) is 56.2 Å². The van der Waals surface area contributed by atoms with Gasteiger partial charge in [0.2, 0.25) is 5.91 Å². The van der Waals surface area contributed by atoms with Crippen LogP contribution in [0.3, 0.4) is 0 Å². The van der Waals surface area contributed by atoms with Crippen LogP contribution in [0.4, 0.5) is 5.69 Å². The van der Waals surface area contributed by atoms with E-state index in [1.165, 1.54) is 0 Å². The predicted molar refractivity (Wildman–Crippen MR) is 99.0 cm³/mol. The predicted octanol–water partition coefficient (Wildman–Crippen LogP) is 3.82. The Morgan fingerprint density at radius 2 is 2.00 bits per heavy atom. The Hall–Kier alpha value is -2.60. The van der Waals surface area contributed by atoms with Gasteiger partial charge in [-0.05, 0) is 46.1 Å². The number of fused-ring (bicyclic) bond motifs is 1. The van der Waals surface area contributed by atoms with Crippen LogP contribution in [0.1, 0.15) is 5.56 Å². The van der Waals surface area contributed by atoms with Crippen LogP contribution in [0.2, 0.25) is 0 Å². The molecule has 1 aliphatic rings. The van der Waals surface area contributed by atoms with E-state index in [-0.39, 0.29) is 11.8 Å². The summed E-state index contributed by atoms with van der Waals surface area (Å²) < 4.78 is 8.34. The quantitative estimate of drug-likeness (QED) is 0.730. The molecular weight excluding hydrogens is 382 g/mol. The molecule has 0 bridgehead atoms. The van der Waals surface area contributed by atoms with Crippen molar-refractivity contribution in [2.75, 3.05) is 11.9 Å². The first-order valence-corrected chi connectivity index (χ1v) is 8.81. The summed E-state index contributed by atoms with van der Waals surface area (Å²) in [5, 5.41) is 7.31. The lowest BCUT2D eigenvalue weighted by molar-refractivity contribution is -0.121. The highest BCUT2D eigenvalue weighted by atomic mass is 79.9. The number of amides is 1. The Morgan fingerprint density at radius 3 is 2.84 bits per heavy atom. The van der Waals surface area contributed by atoms with Crippen molar-refractivity contribution in [2.45, 2.75) is 6.42 Å². The van der Waals surface area contributed by atoms with Gasteiger partial charge in [-0.1, -0.05) is 30.3 Å². The normalized spacial score (nSPS) is 16.0. The molecule has 126 valence electrons. The third-order valence-electron chi connectivity index (χ3n) is 4.21. The van der Waals surface area contributed by atoms with Crippen molar-refractivity contribution >= 4 is 27.5 Å². The summed E-state index contributed by atoms with van der Waals surface area (Å²) in [5.74, 6) is 0.605. The van der Waals surface area contributed by atoms with E-state index in [1.807, 2.05) is 54.7 Å². The van der Waals surface area contributed by atoms with Gasteiger partial charge in [0, 0.05) is 6.20 Å². The first-order chi connectivity index (χ1) is 12.2. The van der Waals surface area contributed by atoms with E-state index in [0.717, 1.165) is 27.2 Å². The molecule has 2 aromatic carbocycles. The molecule has 1 atom stereocenters. The summed E-state index contributed by atoms with van der Waals surface area (Å²) in [4.78, 5) is 12.7. The largest absolute Gasteiger partial charge is 0.492 e. The monoisotopic (exact) mass is 397 g/mol. The Bertz CT molecular complexity index is 922. The van der Waals surface area contributed by atoms with Crippen molar-refractivity contribution in [2.24, 2.45) is 5.92 Å². The summed E-state index contributed by atoms with van der Waals surface area (Å²) in [5.41, 5.74) is 2.61. The van der Waals surface area contributed by atoms with E-state index in [2.05, 4.69) is 26.3 Å². The summed E-state index contributed by atoms with van der Waals surface area (Å²) in [6.07, 6.45) is 4.24. The van der Waals surface area contributed by atoms with E-state index >= 15 is 0 Å². The molecule has 1 N–H and O–H groups in total. The Labute approximate surface area is 153 Å². The van der Waals surface area contributed by atoms with Gasteiger partial charge < -0.3 is 10.1 Å². The smallest absolute Gasteiger partial charge is 0.231 e. The molecule has 5 nitrogen and oxygen atoms in total. The van der Waals surface area contributed by atoms with E-state index in [9.17, 15) is 4.79 Å². The molecule has 4 rings (SSSR count). The number of benzene rings is 2. The molecule has 1 amide bonds. The van der Waals surface area contributed by atoms with Crippen molar-refractivity contribution in [3.63, 3.8) is 0 Å². The highest BCUT2D eigenvalue weighted by molar-refractivity contribution is 9.10. The minimum Gasteiger partial charge on any atom is -0.492 e. The number of ether oxygens (including phenoxy) is 1. The summed E-state index contributed by atoms with van der Waals surface area (Å²) in [7, 11) is 0. The van der Waals surface area contributed by atoms with Crippen LogP contribution in [-0.4, -0.2) is 22.3 Å². The molecule has 0 radical (unpaired) electrons. The molecule has 0 aliphatic carbocycles. The van der Waals surface area contributed by atoms with Crippen LogP contribution in [-0.2, 0) is 11.2 Å². The standard InChI is InChI=1S/C19H16BrN3O2/c20-15-10-21-23(11-15)17-7-3-2-6-16(17)22-19(24)14-9-13-5-1-4-8-18(13)25-12-14/h1-8,10-11,14H,9,12H2,(H,22,24). The lowest BCUT2D eigenvalue weighted by atomic mass is 9.96. The molecule has 0 fully saturated rings. The van der Waals surface area contributed by atoms with Gasteiger partial charge in [-0.2, -0.15) is 5.10 Å². The molecule has 0 saturated carbocycles. The minimum atomic E-state index is -0.215. The van der Waals surface area contributed by atoms with Crippen LogP contribution in [0.25, 0.3) is 5.69 Å². The fourth-order valence-corrected chi connectivity index (χ4v) is 3.23. The zero-order chi connectivity index (χ0) is 17.2. The zero-order valence-electron chi connectivity index (χ0n) is 13.4. The molecule has 1 unspecified atom stereocenters. The number of nitrogens with zero attached hydrogens (tertiary/aromatic N) is 2. The van der Waals surface area contributed by atoms with E-state index < -0.39 is 0 Å². The van der Waals surface area contributed by atoms with Crippen molar-refractivity contribution in [3.8, 4) is 11.4 Å². The molecule has 25 heavy (non-hydrogen) atoms. The van der Waals surface area contributed by atoms with Gasteiger partial charge in [0.1, 0.15) is 12.4 Å². The van der Waals surface area contributed by atoms with Crippen molar-refractivity contribution in [3.05, 3.63) is 71.0 Å². The van der Waals surface area contributed by atoms with E-state index in [0.29, 0.717) is 13.0 Å². The molecule has 2 heterocycles. The number of aromatic nitrogens is 2. The van der Waals surface area contributed by atoms with Gasteiger partial charge in [0.15, 0.2) is 0 Å². The lowest BCUT2D eigenvalue weighted by Crippen LogP contribution is -2.32. The molecule has 1 aliphatic heterocycles. The zero-order valence-corrected chi connectivity index (χ0v) is 14.9. The summed E-state index contributed by atoms with van der Waals surface area (Å²) >= 11 is 3.40. The van der Waals surface area contributed by atoms with Crippen molar-refractivity contribution < 1.29 is 9.53 Å². The minimum absolute atomic E-state index is 0.0480. The van der Waals surface area contributed by atoms with E-state index in [1.54, 1.807) is 10.9 Å². The number of hydrogen-bond donors (Lipinski definition) is 1. The maximum atomic E-state index is 12.7. The second-order valence-corrected chi connectivity index (χ2v) is 6.84. The molecule has 0 spiro atoms. The molecule has 1 aromatic heterocycles. The van der Waals surface area contributed by atoms with E-state index in [4.69, 9.17) is 4.74 Å². The van der Waals surface area contributed by atoms with Crippen LogP contribution < -0.4 is 10.1 Å². The number of para-hydroxylation sites is 3. The van der Waals surface area contributed by atoms with Crippen LogP contribution >= 0.6 is 15.9 Å². The Kier molecular flexibility index (Phi) is 4.28. The highest BCUT2D eigenvalue weighted by Gasteiger charge is 2.26. The van der Waals surface area contributed by atoms with Crippen LogP contribution in [0.5, 0.6) is 5.75 Å². The summed E-state index contributed by atoms with van der Waals surface area (Å²) in [6.45, 7) is 0.387. The first-order valence-electron chi connectivity index (χ1n) is 8.02. The fourth-order valence-electron chi connectivity index (χ4n) is 2.94. The Balaban J connectivity index is 1.54. The average Bonchev–Trinajstić information content (AvgIpc) is 3.08.